The van der Waals surface area contributed by atoms with Crippen LogP contribution in [0.5, 0.6) is 0 Å². The first-order chi connectivity index (χ1) is 12.8. The van der Waals surface area contributed by atoms with Crippen molar-refractivity contribution in [1.82, 2.24) is 5.43 Å². The lowest BCUT2D eigenvalue weighted by molar-refractivity contribution is -0.137. The van der Waals surface area contributed by atoms with Crippen LogP contribution in [0.25, 0.3) is 0 Å². The fraction of sp³-hybridized carbons (Fsp3) is 0.211. The van der Waals surface area contributed by atoms with Crippen LogP contribution >= 0.6 is 0 Å². The van der Waals surface area contributed by atoms with Crippen molar-refractivity contribution in [3.63, 3.8) is 0 Å². The first kappa shape index (κ1) is 18.6. The summed E-state index contributed by atoms with van der Waals surface area (Å²) in [4.78, 5) is 25.8. The molecule has 27 heavy (non-hydrogen) atoms. The summed E-state index contributed by atoms with van der Waals surface area (Å²) < 4.78 is 37.5. The number of nitrogens with one attached hydrogen (secondary N) is 1. The molecule has 1 saturated heterocycles. The molecule has 1 unspecified atom stereocenters. The molecule has 1 atom stereocenters. The molecule has 1 heterocycles. The quantitative estimate of drug-likeness (QED) is 0.659. The van der Waals surface area contributed by atoms with Crippen molar-refractivity contribution in [1.29, 1.82) is 0 Å². The highest BCUT2D eigenvalue weighted by atomic mass is 19.4. The van der Waals surface area contributed by atoms with Gasteiger partial charge in [-0.2, -0.15) is 18.3 Å². The highest BCUT2D eigenvalue weighted by molar-refractivity contribution is 6.00. The number of alkyl halides is 3. The van der Waals surface area contributed by atoms with Crippen molar-refractivity contribution in [3.05, 3.63) is 65.7 Å². The number of nitrogens with zero attached hydrogens (tertiary/aromatic N) is 2. The Morgan fingerprint density at radius 2 is 1.78 bits per heavy atom. The Morgan fingerprint density at radius 3 is 2.41 bits per heavy atom. The van der Waals surface area contributed by atoms with Gasteiger partial charge < -0.3 is 4.90 Å². The van der Waals surface area contributed by atoms with Crippen molar-refractivity contribution in [2.45, 2.75) is 12.6 Å². The van der Waals surface area contributed by atoms with E-state index >= 15 is 0 Å². The van der Waals surface area contributed by atoms with Crippen LogP contribution < -0.4 is 10.3 Å². The zero-order valence-electron chi connectivity index (χ0n) is 14.1. The predicted molar refractivity (Wildman–Crippen MR) is 94.1 cm³/mol. The van der Waals surface area contributed by atoms with Crippen LogP contribution in [0.3, 0.4) is 0 Å². The number of hydrogen-bond acceptors (Lipinski definition) is 3. The Morgan fingerprint density at radius 1 is 1.11 bits per heavy atom. The largest absolute Gasteiger partial charge is 0.416 e. The van der Waals surface area contributed by atoms with Gasteiger partial charge in [0, 0.05) is 18.7 Å². The lowest BCUT2D eigenvalue weighted by Crippen LogP contribution is -2.30. The summed E-state index contributed by atoms with van der Waals surface area (Å²) in [6.07, 6.45) is -3.07. The molecule has 1 fully saturated rings. The van der Waals surface area contributed by atoms with Gasteiger partial charge in [0.05, 0.1) is 17.7 Å². The molecule has 140 valence electrons. The summed E-state index contributed by atoms with van der Waals surface area (Å²) in [7, 11) is 0. The zero-order chi connectivity index (χ0) is 19.4. The minimum absolute atomic E-state index is 0.0799. The molecule has 2 amide bonds. The molecule has 2 aromatic rings. The average Bonchev–Trinajstić information content (AvgIpc) is 3.04. The SMILES string of the molecule is O=C(NN=Cc1ccc(C(F)(F)F)cc1)C1CC(=O)N(c2ccccc2)C1. The van der Waals surface area contributed by atoms with Crippen LogP contribution in [-0.4, -0.2) is 24.6 Å². The Balaban J connectivity index is 1.57. The van der Waals surface area contributed by atoms with E-state index in [1.165, 1.54) is 18.3 Å². The highest BCUT2D eigenvalue weighted by Crippen LogP contribution is 2.29. The van der Waals surface area contributed by atoms with E-state index < -0.39 is 23.6 Å². The minimum atomic E-state index is -4.40. The molecule has 2 aromatic carbocycles. The third kappa shape index (κ3) is 4.52. The summed E-state index contributed by atoms with van der Waals surface area (Å²) in [5.41, 5.74) is 2.73. The van der Waals surface area contributed by atoms with Crippen molar-refractivity contribution in [2.24, 2.45) is 11.0 Å². The van der Waals surface area contributed by atoms with E-state index in [4.69, 9.17) is 0 Å². The molecule has 8 heteroatoms. The lowest BCUT2D eigenvalue weighted by Gasteiger charge is -2.16. The summed E-state index contributed by atoms with van der Waals surface area (Å²) >= 11 is 0. The second-order valence-corrected chi connectivity index (χ2v) is 6.09. The third-order valence-electron chi connectivity index (χ3n) is 4.19. The summed E-state index contributed by atoms with van der Waals surface area (Å²) in [5.74, 6) is -1.10. The van der Waals surface area contributed by atoms with Gasteiger partial charge >= 0.3 is 6.18 Å². The smallest absolute Gasteiger partial charge is 0.312 e. The van der Waals surface area contributed by atoms with Crippen LogP contribution in [0, 0.1) is 5.92 Å². The van der Waals surface area contributed by atoms with E-state index in [0.29, 0.717) is 5.56 Å². The predicted octanol–water partition coefficient (Wildman–Crippen LogP) is 3.21. The maximum absolute atomic E-state index is 12.5. The van der Waals surface area contributed by atoms with Gasteiger partial charge in [-0.3, -0.25) is 9.59 Å². The minimum Gasteiger partial charge on any atom is -0.312 e. The molecule has 0 bridgehead atoms. The number of hydrazone groups is 1. The van der Waals surface area contributed by atoms with Gasteiger partial charge in [0.15, 0.2) is 0 Å². The molecule has 0 saturated carbocycles. The topological polar surface area (TPSA) is 61.8 Å². The second-order valence-electron chi connectivity index (χ2n) is 6.09. The molecular weight excluding hydrogens is 359 g/mol. The van der Waals surface area contributed by atoms with Crippen LogP contribution in [0.1, 0.15) is 17.5 Å². The van der Waals surface area contributed by atoms with Gasteiger partial charge in [-0.15, -0.1) is 0 Å². The number of anilines is 1. The van der Waals surface area contributed by atoms with Gasteiger partial charge in [-0.25, -0.2) is 5.43 Å². The molecule has 5 nitrogen and oxygen atoms in total. The molecule has 0 aromatic heterocycles. The average molecular weight is 375 g/mol. The molecular formula is C19H16F3N3O2. The standard InChI is InChI=1S/C19H16F3N3O2/c20-19(21,22)15-8-6-13(7-9-15)11-23-24-18(27)14-10-17(26)25(12-14)16-4-2-1-3-5-16/h1-9,11,14H,10,12H2,(H,24,27). The van der Waals surface area contributed by atoms with E-state index in [-0.39, 0.29) is 18.9 Å². The number of hydrogen-bond donors (Lipinski definition) is 1. The number of halogens is 3. The fourth-order valence-electron chi connectivity index (χ4n) is 2.76. The summed E-state index contributed by atoms with van der Waals surface area (Å²) in [5, 5.41) is 3.77. The third-order valence-corrected chi connectivity index (χ3v) is 4.19. The Labute approximate surface area is 153 Å². The summed E-state index contributed by atoms with van der Waals surface area (Å²) in [6.45, 7) is 0.254. The van der Waals surface area contributed by atoms with Gasteiger partial charge in [-0.05, 0) is 29.8 Å². The van der Waals surface area contributed by atoms with Crippen LogP contribution in [0.4, 0.5) is 18.9 Å². The molecule has 0 spiro atoms. The number of benzene rings is 2. The Kier molecular flexibility index (Phi) is 5.25. The summed E-state index contributed by atoms with van der Waals surface area (Å²) in [6, 6.07) is 13.4. The number of rotatable bonds is 4. The van der Waals surface area contributed by atoms with Crippen molar-refractivity contribution in [3.8, 4) is 0 Å². The highest BCUT2D eigenvalue weighted by Gasteiger charge is 2.35. The zero-order valence-corrected chi connectivity index (χ0v) is 14.1. The normalized spacial score (nSPS) is 17.5. The Hall–Kier alpha value is -3.16. The van der Waals surface area contributed by atoms with E-state index in [9.17, 15) is 22.8 Å². The molecule has 0 radical (unpaired) electrons. The first-order valence-electron chi connectivity index (χ1n) is 8.20. The first-order valence-corrected chi connectivity index (χ1v) is 8.20. The maximum atomic E-state index is 12.5. The monoisotopic (exact) mass is 375 g/mol. The van der Waals surface area contributed by atoms with E-state index in [1.807, 2.05) is 18.2 Å². The molecule has 3 rings (SSSR count). The molecule has 1 aliphatic rings. The van der Waals surface area contributed by atoms with Crippen molar-refractivity contribution >= 4 is 23.7 Å². The maximum Gasteiger partial charge on any atom is 0.416 e. The van der Waals surface area contributed by atoms with Gasteiger partial charge in [0.25, 0.3) is 0 Å². The number of para-hydroxylation sites is 1. The number of carbonyl (C=O) groups excluding carboxylic acids is 2. The van der Waals surface area contributed by atoms with Gasteiger partial charge in [0.2, 0.25) is 11.8 Å². The molecule has 1 aliphatic heterocycles. The van der Waals surface area contributed by atoms with E-state index in [0.717, 1.165) is 17.8 Å². The number of amides is 2. The second kappa shape index (κ2) is 7.61. The van der Waals surface area contributed by atoms with Gasteiger partial charge in [-0.1, -0.05) is 30.3 Å². The van der Waals surface area contributed by atoms with Crippen LogP contribution in [0.2, 0.25) is 0 Å². The van der Waals surface area contributed by atoms with E-state index in [2.05, 4.69) is 10.5 Å². The number of carbonyl (C=O) groups is 2. The molecule has 1 N–H and O–H groups in total. The van der Waals surface area contributed by atoms with Crippen LogP contribution in [-0.2, 0) is 15.8 Å². The Bertz CT molecular complexity index is 849. The molecule has 0 aliphatic carbocycles. The lowest BCUT2D eigenvalue weighted by atomic mass is 10.1. The van der Waals surface area contributed by atoms with Crippen molar-refractivity contribution < 1.29 is 22.8 Å². The van der Waals surface area contributed by atoms with Crippen LogP contribution in [0.15, 0.2) is 59.7 Å². The van der Waals surface area contributed by atoms with Crippen molar-refractivity contribution in [2.75, 3.05) is 11.4 Å². The van der Waals surface area contributed by atoms with E-state index in [1.54, 1.807) is 17.0 Å². The fourth-order valence-corrected chi connectivity index (χ4v) is 2.76. The van der Waals surface area contributed by atoms with Gasteiger partial charge in [0.1, 0.15) is 0 Å².